The highest BCUT2D eigenvalue weighted by Crippen LogP contribution is 2.25. The number of anilines is 1. The van der Waals surface area contributed by atoms with Crippen LogP contribution in [0.25, 0.3) is 0 Å². The number of aryl methyl sites for hydroxylation is 1. The molecule has 0 amide bonds. The van der Waals surface area contributed by atoms with E-state index in [1.807, 2.05) is 0 Å². The first-order chi connectivity index (χ1) is 10.2. The summed E-state index contributed by atoms with van der Waals surface area (Å²) >= 11 is 0. The molecule has 0 bridgehead atoms. The number of benzene rings is 1. The highest BCUT2D eigenvalue weighted by Gasteiger charge is 2.29. The molecule has 21 heavy (non-hydrogen) atoms. The normalized spacial score (nSPS) is 28.4. The second kappa shape index (κ2) is 6.80. The summed E-state index contributed by atoms with van der Waals surface area (Å²) in [4.78, 5) is 5.01. The molecule has 3 rings (SSSR count). The molecule has 0 aromatic heterocycles. The second-order valence-electron chi connectivity index (χ2n) is 6.63. The first-order valence-electron chi connectivity index (χ1n) is 8.48. The summed E-state index contributed by atoms with van der Waals surface area (Å²) in [6.07, 6.45) is 5.81. The van der Waals surface area contributed by atoms with Gasteiger partial charge in [-0.2, -0.15) is 0 Å². The van der Waals surface area contributed by atoms with Gasteiger partial charge in [0.1, 0.15) is 0 Å². The first kappa shape index (κ1) is 14.9. The number of aliphatic hydroxyl groups is 1. The van der Waals surface area contributed by atoms with E-state index in [2.05, 4.69) is 41.0 Å². The van der Waals surface area contributed by atoms with Crippen molar-refractivity contribution in [2.24, 2.45) is 0 Å². The maximum absolute atomic E-state index is 10.4. The standard InChI is InChI=1S/C18H28N2O/c1-15-6-5-7-16(14-15)19-10-12-20(13-11-19)17-8-3-2-4-9-18(17)21/h5-7,14,17-18,21H,2-4,8-13H2,1H3. The summed E-state index contributed by atoms with van der Waals surface area (Å²) in [5, 5.41) is 10.4. The minimum absolute atomic E-state index is 0.113. The van der Waals surface area contributed by atoms with Crippen molar-refractivity contribution >= 4 is 5.69 Å². The van der Waals surface area contributed by atoms with E-state index in [1.54, 1.807) is 0 Å². The lowest BCUT2D eigenvalue weighted by Crippen LogP contribution is -2.53. The zero-order valence-corrected chi connectivity index (χ0v) is 13.2. The Morgan fingerprint density at radius 2 is 1.76 bits per heavy atom. The van der Waals surface area contributed by atoms with Crippen molar-refractivity contribution in [2.75, 3.05) is 31.1 Å². The van der Waals surface area contributed by atoms with Gasteiger partial charge < -0.3 is 10.0 Å². The van der Waals surface area contributed by atoms with Gasteiger partial charge in [-0.25, -0.2) is 0 Å². The predicted octanol–water partition coefficient (Wildman–Crippen LogP) is 2.81. The third-order valence-corrected chi connectivity index (χ3v) is 5.09. The van der Waals surface area contributed by atoms with E-state index in [0.29, 0.717) is 6.04 Å². The van der Waals surface area contributed by atoms with E-state index < -0.39 is 0 Å². The molecule has 3 nitrogen and oxygen atoms in total. The smallest absolute Gasteiger partial charge is 0.0695 e. The van der Waals surface area contributed by atoms with Gasteiger partial charge in [0.2, 0.25) is 0 Å². The fourth-order valence-corrected chi connectivity index (χ4v) is 3.83. The summed E-state index contributed by atoms with van der Waals surface area (Å²) in [6.45, 7) is 6.46. The first-order valence-corrected chi connectivity index (χ1v) is 8.48. The lowest BCUT2D eigenvalue weighted by atomic mass is 10.0. The summed E-state index contributed by atoms with van der Waals surface area (Å²) in [6, 6.07) is 9.18. The number of hydrogen-bond acceptors (Lipinski definition) is 3. The van der Waals surface area contributed by atoms with Gasteiger partial charge >= 0.3 is 0 Å². The lowest BCUT2D eigenvalue weighted by molar-refractivity contribution is 0.0410. The van der Waals surface area contributed by atoms with E-state index in [4.69, 9.17) is 0 Å². The molecular weight excluding hydrogens is 260 g/mol. The average Bonchev–Trinajstić information content (AvgIpc) is 2.72. The summed E-state index contributed by atoms with van der Waals surface area (Å²) < 4.78 is 0. The molecule has 116 valence electrons. The Morgan fingerprint density at radius 1 is 1.00 bits per heavy atom. The van der Waals surface area contributed by atoms with Crippen LogP contribution in [0.1, 0.15) is 37.7 Å². The molecule has 1 aliphatic carbocycles. The molecule has 1 aromatic rings. The van der Waals surface area contributed by atoms with Gasteiger partial charge in [-0.15, -0.1) is 0 Å². The fourth-order valence-electron chi connectivity index (χ4n) is 3.83. The van der Waals surface area contributed by atoms with Crippen LogP contribution in [0.3, 0.4) is 0 Å². The maximum Gasteiger partial charge on any atom is 0.0695 e. The fraction of sp³-hybridized carbons (Fsp3) is 0.667. The lowest BCUT2D eigenvalue weighted by Gasteiger charge is -2.41. The molecule has 2 fully saturated rings. The molecule has 1 aliphatic heterocycles. The van der Waals surface area contributed by atoms with Crippen LogP contribution in [0.5, 0.6) is 0 Å². The minimum Gasteiger partial charge on any atom is -0.391 e. The largest absolute Gasteiger partial charge is 0.391 e. The van der Waals surface area contributed by atoms with Crippen molar-refractivity contribution in [1.29, 1.82) is 0 Å². The predicted molar refractivity (Wildman–Crippen MR) is 87.8 cm³/mol. The minimum atomic E-state index is -0.113. The molecule has 2 unspecified atom stereocenters. The van der Waals surface area contributed by atoms with Gasteiger partial charge in [0.05, 0.1) is 6.10 Å². The van der Waals surface area contributed by atoms with Crippen LogP contribution in [-0.4, -0.2) is 48.3 Å². The summed E-state index contributed by atoms with van der Waals surface area (Å²) in [5.74, 6) is 0. The van der Waals surface area contributed by atoms with E-state index in [0.717, 1.165) is 32.6 Å². The van der Waals surface area contributed by atoms with Gasteiger partial charge in [-0.05, 0) is 37.5 Å². The van der Waals surface area contributed by atoms with Crippen LogP contribution >= 0.6 is 0 Å². The van der Waals surface area contributed by atoms with E-state index in [-0.39, 0.29) is 6.10 Å². The van der Waals surface area contributed by atoms with Crippen LogP contribution in [0, 0.1) is 6.92 Å². The number of nitrogens with zero attached hydrogens (tertiary/aromatic N) is 2. The van der Waals surface area contributed by atoms with Crippen LogP contribution < -0.4 is 4.90 Å². The Morgan fingerprint density at radius 3 is 2.52 bits per heavy atom. The van der Waals surface area contributed by atoms with Crippen LogP contribution in [0.15, 0.2) is 24.3 Å². The van der Waals surface area contributed by atoms with E-state index in [1.165, 1.54) is 36.9 Å². The summed E-state index contributed by atoms with van der Waals surface area (Å²) in [5.41, 5.74) is 2.67. The molecule has 3 heteroatoms. The monoisotopic (exact) mass is 288 g/mol. The van der Waals surface area contributed by atoms with Crippen molar-refractivity contribution in [1.82, 2.24) is 4.90 Å². The Kier molecular flexibility index (Phi) is 4.81. The van der Waals surface area contributed by atoms with Gasteiger partial charge in [-0.3, -0.25) is 4.90 Å². The third-order valence-electron chi connectivity index (χ3n) is 5.09. The molecule has 1 heterocycles. The van der Waals surface area contributed by atoms with Crippen molar-refractivity contribution in [3.63, 3.8) is 0 Å². The highest BCUT2D eigenvalue weighted by molar-refractivity contribution is 5.48. The van der Waals surface area contributed by atoms with Gasteiger partial charge in [0.25, 0.3) is 0 Å². The topological polar surface area (TPSA) is 26.7 Å². The number of hydrogen-bond donors (Lipinski definition) is 1. The van der Waals surface area contributed by atoms with Gasteiger partial charge in [0.15, 0.2) is 0 Å². The molecule has 1 N–H and O–H groups in total. The SMILES string of the molecule is Cc1cccc(N2CCN(C3CCCCCC3O)CC2)c1. The molecule has 2 aliphatic rings. The summed E-state index contributed by atoms with van der Waals surface area (Å²) in [7, 11) is 0. The van der Waals surface area contributed by atoms with Crippen molar-refractivity contribution in [2.45, 2.75) is 51.2 Å². The molecule has 1 saturated heterocycles. The molecule has 2 atom stereocenters. The third kappa shape index (κ3) is 3.58. The van der Waals surface area contributed by atoms with Crippen LogP contribution in [-0.2, 0) is 0 Å². The molecule has 1 aromatic carbocycles. The van der Waals surface area contributed by atoms with Crippen molar-refractivity contribution < 1.29 is 5.11 Å². The Bertz CT molecular complexity index is 454. The maximum atomic E-state index is 10.4. The highest BCUT2D eigenvalue weighted by atomic mass is 16.3. The van der Waals surface area contributed by atoms with Gasteiger partial charge in [0, 0.05) is 37.9 Å². The quantitative estimate of drug-likeness (QED) is 0.848. The van der Waals surface area contributed by atoms with E-state index in [9.17, 15) is 5.11 Å². The Balaban J connectivity index is 1.59. The number of rotatable bonds is 2. The van der Waals surface area contributed by atoms with Crippen molar-refractivity contribution in [3.05, 3.63) is 29.8 Å². The molecule has 0 radical (unpaired) electrons. The number of piperazine rings is 1. The second-order valence-corrected chi connectivity index (χ2v) is 6.63. The van der Waals surface area contributed by atoms with Gasteiger partial charge in [-0.1, -0.05) is 31.4 Å². The molecule has 0 spiro atoms. The Hall–Kier alpha value is -1.06. The molecule has 1 saturated carbocycles. The zero-order chi connectivity index (χ0) is 14.7. The van der Waals surface area contributed by atoms with Crippen LogP contribution in [0.2, 0.25) is 0 Å². The number of aliphatic hydroxyl groups excluding tert-OH is 1. The van der Waals surface area contributed by atoms with Crippen molar-refractivity contribution in [3.8, 4) is 0 Å². The van der Waals surface area contributed by atoms with Crippen LogP contribution in [0.4, 0.5) is 5.69 Å². The molecular formula is C18H28N2O. The zero-order valence-electron chi connectivity index (χ0n) is 13.2. The Labute approximate surface area is 128 Å². The average molecular weight is 288 g/mol. The van der Waals surface area contributed by atoms with E-state index >= 15 is 0 Å².